The van der Waals surface area contributed by atoms with Crippen LogP contribution in [0.15, 0.2) is 0 Å². The lowest BCUT2D eigenvalue weighted by Gasteiger charge is -2.26. The van der Waals surface area contributed by atoms with Gasteiger partial charge in [0.05, 0.1) is 5.92 Å². The van der Waals surface area contributed by atoms with E-state index in [-0.39, 0.29) is 17.9 Å². The molecular weight excluding hydrogens is 176 g/mol. The molecule has 0 aromatic rings. The Bertz CT molecular complexity index is 215. The number of nitrogens with zero attached hydrogens (tertiary/aromatic N) is 1. The molecule has 1 saturated carbocycles. The minimum Gasteiger partial charge on any atom is -0.343 e. The van der Waals surface area contributed by atoms with Crippen molar-refractivity contribution in [3.05, 3.63) is 0 Å². The predicted octanol–water partition coefficient (Wildman–Crippen LogP) is 1.23. The molecule has 1 rings (SSSR count). The van der Waals surface area contributed by atoms with Gasteiger partial charge in [0.2, 0.25) is 5.91 Å². The molecule has 0 aromatic heterocycles. The van der Waals surface area contributed by atoms with Crippen LogP contribution in [0, 0.1) is 11.8 Å². The van der Waals surface area contributed by atoms with E-state index in [0.29, 0.717) is 12.0 Å². The van der Waals surface area contributed by atoms with Crippen LogP contribution >= 0.6 is 0 Å². The van der Waals surface area contributed by atoms with E-state index < -0.39 is 0 Å². The molecule has 0 aliphatic heterocycles. The molecule has 0 radical (unpaired) electrons. The van der Waals surface area contributed by atoms with E-state index in [1.54, 1.807) is 0 Å². The maximum atomic E-state index is 11.8. The van der Waals surface area contributed by atoms with Crippen LogP contribution in [-0.4, -0.2) is 29.9 Å². The molecule has 2 N–H and O–H groups in total. The zero-order valence-corrected chi connectivity index (χ0v) is 9.66. The molecule has 1 aliphatic rings. The average molecular weight is 198 g/mol. The fourth-order valence-corrected chi connectivity index (χ4v) is 1.82. The van der Waals surface area contributed by atoms with E-state index in [9.17, 15) is 4.79 Å². The summed E-state index contributed by atoms with van der Waals surface area (Å²) in [5.74, 6) is 0.966. The predicted molar refractivity (Wildman–Crippen MR) is 57.8 cm³/mol. The van der Waals surface area contributed by atoms with Crippen molar-refractivity contribution in [3.63, 3.8) is 0 Å². The summed E-state index contributed by atoms with van der Waals surface area (Å²) in [6.45, 7) is 6.46. The Kier molecular flexibility index (Phi) is 3.53. The zero-order chi connectivity index (χ0) is 10.9. The second-order valence-electron chi connectivity index (χ2n) is 4.93. The van der Waals surface area contributed by atoms with Crippen LogP contribution in [0.2, 0.25) is 0 Å². The van der Waals surface area contributed by atoms with E-state index in [4.69, 9.17) is 5.73 Å². The smallest absolute Gasteiger partial charge is 0.227 e. The van der Waals surface area contributed by atoms with Crippen LogP contribution in [0.5, 0.6) is 0 Å². The van der Waals surface area contributed by atoms with Crippen molar-refractivity contribution in [2.75, 3.05) is 7.05 Å². The van der Waals surface area contributed by atoms with Crippen LogP contribution in [0.25, 0.3) is 0 Å². The van der Waals surface area contributed by atoms with Gasteiger partial charge < -0.3 is 10.6 Å². The Morgan fingerprint density at radius 3 is 2.36 bits per heavy atom. The second-order valence-corrected chi connectivity index (χ2v) is 4.93. The molecule has 3 atom stereocenters. The van der Waals surface area contributed by atoms with Crippen LogP contribution in [0.3, 0.4) is 0 Å². The molecule has 3 unspecified atom stereocenters. The zero-order valence-electron chi connectivity index (χ0n) is 9.66. The quantitative estimate of drug-likeness (QED) is 0.738. The van der Waals surface area contributed by atoms with E-state index in [1.165, 1.54) is 0 Å². The summed E-state index contributed by atoms with van der Waals surface area (Å²) in [7, 11) is 1.89. The van der Waals surface area contributed by atoms with Crippen LogP contribution in [-0.2, 0) is 4.79 Å². The summed E-state index contributed by atoms with van der Waals surface area (Å²) in [4.78, 5) is 13.6. The maximum Gasteiger partial charge on any atom is 0.227 e. The number of rotatable bonds is 4. The van der Waals surface area contributed by atoms with Gasteiger partial charge in [0, 0.05) is 19.1 Å². The molecular formula is C11H22N2O. The van der Waals surface area contributed by atoms with Crippen molar-refractivity contribution < 1.29 is 4.79 Å². The van der Waals surface area contributed by atoms with Crippen molar-refractivity contribution in [2.24, 2.45) is 17.6 Å². The van der Waals surface area contributed by atoms with Crippen LogP contribution in [0.4, 0.5) is 0 Å². The van der Waals surface area contributed by atoms with Gasteiger partial charge in [-0.05, 0) is 25.7 Å². The first kappa shape index (κ1) is 11.5. The number of hydrogen-bond acceptors (Lipinski definition) is 2. The maximum absolute atomic E-state index is 11.8. The number of hydrogen-bond donors (Lipinski definition) is 1. The Morgan fingerprint density at radius 2 is 2.00 bits per heavy atom. The van der Waals surface area contributed by atoms with Crippen LogP contribution < -0.4 is 5.73 Å². The standard InChI is InChI=1S/C11H22N2O/c1-7(2)5-8(3)13(4)11(14)9-6-10(9)12/h7-10H,5-6,12H2,1-4H3. The summed E-state index contributed by atoms with van der Waals surface area (Å²) in [5.41, 5.74) is 5.66. The van der Waals surface area contributed by atoms with Gasteiger partial charge in [-0.2, -0.15) is 0 Å². The summed E-state index contributed by atoms with van der Waals surface area (Å²) in [6, 6.07) is 0.450. The highest BCUT2D eigenvalue weighted by Crippen LogP contribution is 2.30. The first-order valence-electron chi connectivity index (χ1n) is 5.45. The molecule has 0 spiro atoms. The normalized spacial score (nSPS) is 27.6. The SMILES string of the molecule is CC(C)CC(C)N(C)C(=O)C1CC1N. The fraction of sp³-hybridized carbons (Fsp3) is 0.909. The van der Waals surface area contributed by atoms with Crippen molar-refractivity contribution in [1.82, 2.24) is 4.90 Å². The van der Waals surface area contributed by atoms with Gasteiger partial charge in [-0.15, -0.1) is 0 Å². The third kappa shape index (κ3) is 2.71. The first-order chi connectivity index (χ1) is 6.43. The lowest BCUT2D eigenvalue weighted by atomic mass is 10.0. The highest BCUT2D eigenvalue weighted by Gasteiger charge is 2.42. The van der Waals surface area contributed by atoms with E-state index in [1.807, 2.05) is 11.9 Å². The molecule has 82 valence electrons. The minimum atomic E-state index is 0.106. The topological polar surface area (TPSA) is 46.3 Å². The summed E-state index contributed by atoms with van der Waals surface area (Å²) < 4.78 is 0. The Labute approximate surface area is 86.6 Å². The Hall–Kier alpha value is -0.570. The summed E-state index contributed by atoms with van der Waals surface area (Å²) in [6.07, 6.45) is 1.93. The first-order valence-corrected chi connectivity index (χ1v) is 5.45. The average Bonchev–Trinajstić information content (AvgIpc) is 2.78. The molecule has 3 nitrogen and oxygen atoms in total. The number of nitrogens with two attached hydrogens (primary N) is 1. The Balaban J connectivity index is 2.39. The van der Waals surface area contributed by atoms with Crippen molar-refractivity contribution in [1.29, 1.82) is 0 Å². The molecule has 1 aliphatic carbocycles. The molecule has 1 fully saturated rings. The summed E-state index contributed by atoms with van der Waals surface area (Å²) >= 11 is 0. The largest absolute Gasteiger partial charge is 0.343 e. The molecule has 1 amide bonds. The van der Waals surface area contributed by atoms with Gasteiger partial charge in [-0.25, -0.2) is 0 Å². The molecule has 0 bridgehead atoms. The van der Waals surface area contributed by atoms with E-state index >= 15 is 0 Å². The molecule has 0 aromatic carbocycles. The van der Waals surface area contributed by atoms with Gasteiger partial charge in [0.15, 0.2) is 0 Å². The van der Waals surface area contributed by atoms with Crippen LogP contribution in [0.1, 0.15) is 33.6 Å². The fourth-order valence-electron chi connectivity index (χ4n) is 1.82. The molecule has 0 saturated heterocycles. The Morgan fingerprint density at radius 1 is 1.50 bits per heavy atom. The van der Waals surface area contributed by atoms with Gasteiger partial charge >= 0.3 is 0 Å². The highest BCUT2D eigenvalue weighted by molar-refractivity contribution is 5.82. The lowest BCUT2D eigenvalue weighted by molar-refractivity contribution is -0.133. The van der Waals surface area contributed by atoms with E-state index in [0.717, 1.165) is 12.8 Å². The lowest BCUT2D eigenvalue weighted by Crippen LogP contribution is -2.38. The van der Waals surface area contributed by atoms with Gasteiger partial charge in [-0.3, -0.25) is 4.79 Å². The molecule has 0 heterocycles. The van der Waals surface area contributed by atoms with E-state index in [2.05, 4.69) is 20.8 Å². The summed E-state index contributed by atoms with van der Waals surface area (Å²) in [5, 5.41) is 0. The second kappa shape index (κ2) is 4.30. The highest BCUT2D eigenvalue weighted by atomic mass is 16.2. The number of carbonyl (C=O) groups excluding carboxylic acids is 1. The number of carbonyl (C=O) groups is 1. The molecule has 3 heteroatoms. The molecule has 14 heavy (non-hydrogen) atoms. The van der Waals surface area contributed by atoms with Crippen molar-refractivity contribution >= 4 is 5.91 Å². The van der Waals surface area contributed by atoms with Gasteiger partial charge in [0.1, 0.15) is 0 Å². The van der Waals surface area contributed by atoms with Gasteiger partial charge in [0.25, 0.3) is 0 Å². The van der Waals surface area contributed by atoms with Crippen molar-refractivity contribution in [3.8, 4) is 0 Å². The van der Waals surface area contributed by atoms with Gasteiger partial charge in [-0.1, -0.05) is 13.8 Å². The third-order valence-electron chi connectivity index (χ3n) is 2.98. The van der Waals surface area contributed by atoms with Crippen molar-refractivity contribution in [2.45, 2.75) is 45.7 Å². The minimum absolute atomic E-state index is 0.106. The number of amides is 1. The third-order valence-corrected chi connectivity index (χ3v) is 2.98. The monoisotopic (exact) mass is 198 g/mol.